The summed E-state index contributed by atoms with van der Waals surface area (Å²) in [7, 11) is 0. The topological polar surface area (TPSA) is 54.6 Å². The second-order valence-corrected chi connectivity index (χ2v) is 6.97. The van der Waals surface area contributed by atoms with Gasteiger partial charge in [0, 0.05) is 47.9 Å². The Morgan fingerprint density at radius 1 is 1.19 bits per heavy atom. The number of aromatic amines is 1. The largest absolute Gasteiger partial charge is 0.492 e. The van der Waals surface area contributed by atoms with Crippen molar-refractivity contribution in [2.45, 2.75) is 0 Å². The molecule has 3 aromatic rings. The normalized spacial score (nSPS) is 15.1. The van der Waals surface area contributed by atoms with E-state index in [2.05, 4.69) is 9.88 Å². The van der Waals surface area contributed by atoms with Gasteiger partial charge in [-0.2, -0.15) is 0 Å². The zero-order valence-electron chi connectivity index (χ0n) is 14.9. The van der Waals surface area contributed by atoms with E-state index >= 15 is 0 Å². The minimum atomic E-state index is 0.631. The van der Waals surface area contributed by atoms with E-state index in [-0.39, 0.29) is 0 Å². The molecule has 2 aromatic carbocycles. The molecule has 1 saturated heterocycles. The van der Waals surface area contributed by atoms with E-state index in [9.17, 15) is 4.79 Å². The summed E-state index contributed by atoms with van der Waals surface area (Å²) >= 11 is 6.44. The smallest absolute Gasteiger partial charge is 0.152 e. The van der Waals surface area contributed by atoms with Gasteiger partial charge < -0.3 is 14.5 Å². The molecule has 0 saturated carbocycles. The number of rotatable bonds is 6. The minimum absolute atomic E-state index is 0.631. The van der Waals surface area contributed by atoms with Crippen molar-refractivity contribution in [1.29, 1.82) is 0 Å². The fourth-order valence-electron chi connectivity index (χ4n) is 3.33. The Balaban J connectivity index is 1.46. The number of H-pyrrole nitrogens is 1. The van der Waals surface area contributed by atoms with Gasteiger partial charge in [-0.05, 0) is 29.8 Å². The Labute approximate surface area is 162 Å². The summed E-state index contributed by atoms with van der Waals surface area (Å²) in [5.74, 6) is 0.833. The number of nitrogens with zero attached hydrogens (tertiary/aromatic N) is 1. The van der Waals surface area contributed by atoms with Crippen LogP contribution in [0.2, 0.25) is 5.02 Å². The molecular weight excluding hydrogens is 364 g/mol. The third kappa shape index (κ3) is 4.00. The Hall–Kier alpha value is -2.34. The van der Waals surface area contributed by atoms with E-state index in [1.807, 2.05) is 36.4 Å². The molecule has 0 bridgehead atoms. The molecule has 0 amide bonds. The molecule has 140 valence electrons. The highest BCUT2D eigenvalue weighted by atomic mass is 35.5. The van der Waals surface area contributed by atoms with Gasteiger partial charge in [0.25, 0.3) is 0 Å². The third-order valence-corrected chi connectivity index (χ3v) is 5.19. The second-order valence-electron chi connectivity index (χ2n) is 6.57. The summed E-state index contributed by atoms with van der Waals surface area (Å²) < 4.78 is 11.2. The Morgan fingerprint density at radius 2 is 1.96 bits per heavy atom. The zero-order valence-corrected chi connectivity index (χ0v) is 15.7. The Morgan fingerprint density at radius 3 is 2.70 bits per heavy atom. The molecule has 1 N–H and O–H groups in total. The number of nitrogens with one attached hydrogen (secondary N) is 1. The predicted molar refractivity (Wildman–Crippen MR) is 107 cm³/mol. The summed E-state index contributed by atoms with van der Waals surface area (Å²) in [4.78, 5) is 16.6. The van der Waals surface area contributed by atoms with Crippen LogP contribution in [-0.4, -0.2) is 55.6 Å². The van der Waals surface area contributed by atoms with Crippen LogP contribution in [0.1, 0.15) is 10.4 Å². The maximum absolute atomic E-state index is 11.2. The lowest BCUT2D eigenvalue weighted by molar-refractivity contribution is 0.0322. The maximum atomic E-state index is 11.2. The lowest BCUT2D eigenvalue weighted by Crippen LogP contribution is -2.38. The molecule has 5 nitrogen and oxygen atoms in total. The SMILES string of the molecule is O=Cc1c[nH]c2cc(Cl)c(-c3ccc(OCCN4CCOCC4)cc3)cc12. The molecule has 0 spiro atoms. The van der Waals surface area contributed by atoms with Crippen LogP contribution >= 0.6 is 11.6 Å². The van der Waals surface area contributed by atoms with Gasteiger partial charge in [-0.15, -0.1) is 0 Å². The number of hydrogen-bond donors (Lipinski definition) is 1. The standard InChI is InChI=1S/C21H21ClN2O3/c22-20-12-21-19(16(14-25)13-23-21)11-18(20)15-1-3-17(4-2-15)27-10-7-24-5-8-26-9-6-24/h1-4,11-14,23H,5-10H2. The van der Waals surface area contributed by atoms with Crippen LogP contribution in [0.5, 0.6) is 5.75 Å². The molecule has 1 aliphatic heterocycles. The van der Waals surface area contributed by atoms with Crippen molar-refractivity contribution < 1.29 is 14.3 Å². The molecule has 4 rings (SSSR count). The summed E-state index contributed by atoms with van der Waals surface area (Å²) in [5, 5.41) is 1.51. The number of aromatic nitrogens is 1. The average molecular weight is 385 g/mol. The first-order valence-electron chi connectivity index (χ1n) is 9.04. The molecule has 0 atom stereocenters. The monoisotopic (exact) mass is 384 g/mol. The number of fused-ring (bicyclic) bond motifs is 1. The van der Waals surface area contributed by atoms with Crippen LogP contribution in [0.4, 0.5) is 0 Å². The number of aldehydes is 1. The highest BCUT2D eigenvalue weighted by Gasteiger charge is 2.11. The number of benzene rings is 2. The number of ether oxygens (including phenoxy) is 2. The number of carbonyl (C=O) groups excluding carboxylic acids is 1. The Bertz CT molecular complexity index is 930. The number of halogens is 1. The van der Waals surface area contributed by atoms with Crippen molar-refractivity contribution >= 4 is 28.8 Å². The fraction of sp³-hybridized carbons (Fsp3) is 0.286. The van der Waals surface area contributed by atoms with Gasteiger partial charge in [0.1, 0.15) is 12.4 Å². The van der Waals surface area contributed by atoms with E-state index in [0.717, 1.165) is 66.9 Å². The van der Waals surface area contributed by atoms with E-state index in [4.69, 9.17) is 21.1 Å². The van der Waals surface area contributed by atoms with Gasteiger partial charge >= 0.3 is 0 Å². The highest BCUT2D eigenvalue weighted by Crippen LogP contribution is 2.33. The zero-order chi connectivity index (χ0) is 18.6. The maximum Gasteiger partial charge on any atom is 0.152 e. The molecule has 1 fully saturated rings. The number of carbonyl (C=O) groups is 1. The first-order valence-corrected chi connectivity index (χ1v) is 9.41. The van der Waals surface area contributed by atoms with E-state index in [0.29, 0.717) is 17.2 Å². The van der Waals surface area contributed by atoms with Gasteiger partial charge in [-0.25, -0.2) is 0 Å². The summed E-state index contributed by atoms with van der Waals surface area (Å²) in [6.07, 6.45) is 2.55. The molecule has 0 radical (unpaired) electrons. The summed E-state index contributed by atoms with van der Waals surface area (Å²) in [5.41, 5.74) is 3.37. The molecule has 1 aromatic heterocycles. The van der Waals surface area contributed by atoms with Gasteiger partial charge in [0.05, 0.1) is 18.2 Å². The average Bonchev–Trinajstić information content (AvgIpc) is 3.10. The molecule has 1 aliphatic rings. The second kappa shape index (κ2) is 8.13. The van der Waals surface area contributed by atoms with Crippen molar-refractivity contribution in [3.63, 3.8) is 0 Å². The van der Waals surface area contributed by atoms with Crippen LogP contribution < -0.4 is 4.74 Å². The van der Waals surface area contributed by atoms with E-state index < -0.39 is 0 Å². The first-order chi connectivity index (χ1) is 13.2. The summed E-state index contributed by atoms with van der Waals surface area (Å²) in [6.45, 7) is 5.07. The van der Waals surface area contributed by atoms with E-state index in [1.54, 1.807) is 6.20 Å². The van der Waals surface area contributed by atoms with Crippen molar-refractivity contribution in [3.05, 3.63) is 53.2 Å². The highest BCUT2D eigenvalue weighted by molar-refractivity contribution is 6.34. The molecular formula is C21H21ClN2O3. The van der Waals surface area contributed by atoms with Crippen LogP contribution in [-0.2, 0) is 4.74 Å². The number of morpholine rings is 1. The lowest BCUT2D eigenvalue weighted by atomic mass is 10.0. The van der Waals surface area contributed by atoms with Crippen molar-refractivity contribution in [3.8, 4) is 16.9 Å². The first kappa shape index (κ1) is 18.0. The fourth-order valence-corrected chi connectivity index (χ4v) is 3.60. The van der Waals surface area contributed by atoms with Gasteiger partial charge in [0.2, 0.25) is 0 Å². The number of hydrogen-bond acceptors (Lipinski definition) is 4. The van der Waals surface area contributed by atoms with Crippen LogP contribution in [0.25, 0.3) is 22.0 Å². The Kier molecular flexibility index (Phi) is 5.43. The van der Waals surface area contributed by atoms with Crippen LogP contribution in [0.15, 0.2) is 42.6 Å². The van der Waals surface area contributed by atoms with Crippen LogP contribution in [0.3, 0.4) is 0 Å². The third-order valence-electron chi connectivity index (χ3n) is 4.87. The molecule has 0 unspecified atom stereocenters. The van der Waals surface area contributed by atoms with Crippen molar-refractivity contribution in [1.82, 2.24) is 9.88 Å². The van der Waals surface area contributed by atoms with Crippen molar-refractivity contribution in [2.75, 3.05) is 39.5 Å². The minimum Gasteiger partial charge on any atom is -0.492 e. The molecule has 2 heterocycles. The lowest BCUT2D eigenvalue weighted by Gasteiger charge is -2.26. The predicted octanol–water partition coefficient (Wildman–Crippen LogP) is 4.01. The van der Waals surface area contributed by atoms with Gasteiger partial charge in [0.15, 0.2) is 6.29 Å². The summed E-state index contributed by atoms with van der Waals surface area (Å²) in [6, 6.07) is 11.7. The molecule has 0 aliphatic carbocycles. The molecule has 6 heteroatoms. The van der Waals surface area contributed by atoms with Crippen molar-refractivity contribution in [2.24, 2.45) is 0 Å². The van der Waals surface area contributed by atoms with Crippen LogP contribution in [0, 0.1) is 0 Å². The molecule has 27 heavy (non-hydrogen) atoms. The van der Waals surface area contributed by atoms with E-state index in [1.165, 1.54) is 0 Å². The quantitative estimate of drug-likeness (QED) is 0.652. The van der Waals surface area contributed by atoms with Gasteiger partial charge in [-0.1, -0.05) is 23.7 Å². The van der Waals surface area contributed by atoms with Gasteiger partial charge in [-0.3, -0.25) is 9.69 Å².